The number of fused-ring (bicyclic) bond motifs is 1. The van der Waals surface area contributed by atoms with E-state index in [0.29, 0.717) is 33.2 Å². The third-order valence-electron chi connectivity index (χ3n) is 9.49. The summed E-state index contributed by atoms with van der Waals surface area (Å²) in [6, 6.07) is 9.94. The predicted octanol–water partition coefficient (Wildman–Crippen LogP) is 4.01. The number of β-lactam (4-membered cyclic amide) rings is 1. The first kappa shape index (κ1) is 39.7. The molecule has 2 fully saturated rings. The summed E-state index contributed by atoms with van der Waals surface area (Å²) in [5.74, 6) is -2.35. The molecule has 21 heteroatoms. The Morgan fingerprint density at radius 1 is 1.05 bits per heavy atom. The van der Waals surface area contributed by atoms with Gasteiger partial charge >= 0.3 is 12.1 Å². The number of aliphatic hydroxyl groups excluding tert-OH is 1. The van der Waals surface area contributed by atoms with Crippen LogP contribution in [-0.2, 0) is 48.8 Å². The Kier molecular flexibility index (Phi) is 11.6. The Labute approximate surface area is 322 Å². The van der Waals surface area contributed by atoms with Gasteiger partial charge in [-0.3, -0.25) is 29.9 Å². The number of hydrogen-bond donors (Lipinski definition) is 2. The topological polar surface area (TPSA) is 242 Å². The molecule has 2 saturated heterocycles. The number of rotatable bonds is 14. The SMILES string of the molecule is C[C@@H](O)C1C(=O)N2C(C(=O)OCc3ccc([N+](=O)[O-])cc3)=C(S[C@H]3C[C@@H](c4nc(CNS(C)(=O)=O)cs4)N(C(=O)OCc4ccc([N+](=O)[O-])cc4)C3)[C@H](C)C12. The maximum Gasteiger partial charge on any atom is 0.410 e. The summed E-state index contributed by atoms with van der Waals surface area (Å²) in [6.45, 7) is 3.04. The summed E-state index contributed by atoms with van der Waals surface area (Å²) in [4.78, 5) is 69.8. The van der Waals surface area contributed by atoms with Crippen molar-refractivity contribution in [2.75, 3.05) is 12.8 Å². The number of esters is 1. The van der Waals surface area contributed by atoms with Gasteiger partial charge in [-0.05, 0) is 48.7 Å². The number of non-ortho nitro benzene ring substituents is 2. The fourth-order valence-corrected chi connectivity index (χ4v) is 9.68. The van der Waals surface area contributed by atoms with E-state index < -0.39 is 61.9 Å². The van der Waals surface area contributed by atoms with Gasteiger partial charge in [-0.15, -0.1) is 23.1 Å². The summed E-state index contributed by atoms with van der Waals surface area (Å²) >= 11 is 2.55. The van der Waals surface area contributed by atoms with Crippen LogP contribution in [0.25, 0.3) is 0 Å². The quantitative estimate of drug-likeness (QED) is 0.101. The summed E-state index contributed by atoms with van der Waals surface area (Å²) in [5, 5.41) is 34.4. The zero-order chi connectivity index (χ0) is 39.8. The van der Waals surface area contributed by atoms with Crippen molar-refractivity contribution in [3.05, 3.63) is 107 Å². The lowest BCUT2D eigenvalue weighted by atomic mass is 9.79. The normalized spacial score (nSPS) is 22.6. The summed E-state index contributed by atoms with van der Waals surface area (Å²) < 4.78 is 37.1. The van der Waals surface area contributed by atoms with E-state index in [1.54, 1.807) is 5.38 Å². The molecule has 18 nitrogen and oxygen atoms in total. The molecule has 292 valence electrons. The van der Waals surface area contributed by atoms with Crippen molar-refractivity contribution >= 4 is 62.5 Å². The van der Waals surface area contributed by atoms with Crippen LogP contribution in [0.4, 0.5) is 16.2 Å². The molecule has 3 aliphatic heterocycles. The van der Waals surface area contributed by atoms with E-state index in [9.17, 15) is 48.1 Å². The van der Waals surface area contributed by atoms with Crippen LogP contribution in [0.2, 0.25) is 0 Å². The Hall–Kier alpha value is -4.96. The Morgan fingerprint density at radius 3 is 2.18 bits per heavy atom. The van der Waals surface area contributed by atoms with Crippen LogP contribution in [-0.4, -0.2) is 86.3 Å². The Bertz CT molecular complexity index is 2140. The smallest absolute Gasteiger partial charge is 0.410 e. The molecule has 3 aromatic rings. The number of nitro benzene ring substituents is 2. The Balaban J connectivity index is 1.25. The number of carbonyl (C=O) groups excluding carboxylic acids is 3. The van der Waals surface area contributed by atoms with Crippen molar-refractivity contribution in [2.45, 2.75) is 63.5 Å². The highest BCUT2D eigenvalue weighted by molar-refractivity contribution is 8.03. The van der Waals surface area contributed by atoms with E-state index in [4.69, 9.17) is 9.47 Å². The van der Waals surface area contributed by atoms with E-state index >= 15 is 0 Å². The first-order valence-corrected chi connectivity index (χ1v) is 20.6. The van der Waals surface area contributed by atoms with Crippen LogP contribution < -0.4 is 4.72 Å². The summed E-state index contributed by atoms with van der Waals surface area (Å²) in [5.41, 5.74) is 1.24. The molecule has 4 heterocycles. The zero-order valence-corrected chi connectivity index (χ0v) is 32.0. The molecule has 6 rings (SSSR count). The van der Waals surface area contributed by atoms with Crippen LogP contribution in [0.3, 0.4) is 0 Å². The molecule has 0 bridgehead atoms. The maximum absolute atomic E-state index is 13.8. The predicted molar refractivity (Wildman–Crippen MR) is 197 cm³/mol. The number of nitro groups is 2. The highest BCUT2D eigenvalue weighted by Crippen LogP contribution is 2.53. The van der Waals surface area contributed by atoms with Gasteiger partial charge in [0, 0.05) is 52.3 Å². The first-order valence-electron chi connectivity index (χ1n) is 16.9. The van der Waals surface area contributed by atoms with Gasteiger partial charge in [-0.1, -0.05) is 6.92 Å². The van der Waals surface area contributed by atoms with Crippen LogP contribution in [0.1, 0.15) is 48.1 Å². The van der Waals surface area contributed by atoms with Gasteiger partial charge in [0.25, 0.3) is 11.4 Å². The van der Waals surface area contributed by atoms with Crippen LogP contribution >= 0.6 is 23.1 Å². The first-order chi connectivity index (χ1) is 26.0. The lowest BCUT2D eigenvalue weighted by molar-refractivity contribution is -0.385. The van der Waals surface area contributed by atoms with Gasteiger partial charge in [0.15, 0.2) is 0 Å². The van der Waals surface area contributed by atoms with Crippen molar-refractivity contribution in [2.24, 2.45) is 11.8 Å². The number of thioether (sulfide) groups is 1. The maximum atomic E-state index is 13.8. The van der Waals surface area contributed by atoms with Gasteiger partial charge in [0.05, 0.1) is 52.4 Å². The number of ether oxygens (including phenoxy) is 2. The lowest BCUT2D eigenvalue weighted by Crippen LogP contribution is -2.63. The number of thiazole rings is 1. The van der Waals surface area contributed by atoms with Crippen molar-refractivity contribution < 1.29 is 47.2 Å². The minimum atomic E-state index is -3.50. The van der Waals surface area contributed by atoms with E-state index in [1.165, 1.54) is 88.4 Å². The molecule has 2 aromatic carbocycles. The van der Waals surface area contributed by atoms with E-state index in [-0.39, 0.29) is 54.5 Å². The largest absolute Gasteiger partial charge is 0.456 e. The second kappa shape index (κ2) is 16.0. The number of nitrogens with zero attached hydrogens (tertiary/aromatic N) is 5. The third kappa shape index (κ3) is 8.64. The molecule has 0 spiro atoms. The molecular formula is C34H36N6O12S3. The second-order valence-corrected chi connectivity index (χ2v) is 17.4. The van der Waals surface area contributed by atoms with Gasteiger partial charge in [-0.2, -0.15) is 0 Å². The van der Waals surface area contributed by atoms with Crippen molar-refractivity contribution in [1.82, 2.24) is 19.5 Å². The van der Waals surface area contributed by atoms with Gasteiger partial charge < -0.3 is 19.5 Å². The number of likely N-dealkylation sites (tertiary alicyclic amines) is 1. The number of hydrogen-bond acceptors (Lipinski definition) is 15. The van der Waals surface area contributed by atoms with Crippen LogP contribution in [0.15, 0.2) is 64.5 Å². The number of sulfonamides is 1. The lowest BCUT2D eigenvalue weighted by Gasteiger charge is -2.46. The summed E-state index contributed by atoms with van der Waals surface area (Å²) in [7, 11) is -3.50. The number of aromatic nitrogens is 1. The molecule has 0 radical (unpaired) electrons. The fraction of sp³-hybridized carbons (Fsp3) is 0.412. The average Bonchev–Trinajstić information content (AvgIpc) is 3.84. The molecule has 0 aliphatic carbocycles. The summed E-state index contributed by atoms with van der Waals surface area (Å²) in [6.07, 6.45) is -0.309. The second-order valence-electron chi connectivity index (χ2n) is 13.4. The van der Waals surface area contributed by atoms with E-state index in [1.807, 2.05) is 6.92 Å². The molecule has 2 unspecified atom stereocenters. The van der Waals surface area contributed by atoms with E-state index in [0.717, 1.165) is 6.26 Å². The van der Waals surface area contributed by atoms with Crippen molar-refractivity contribution in [3.8, 4) is 0 Å². The monoisotopic (exact) mass is 816 g/mol. The van der Waals surface area contributed by atoms with Gasteiger partial charge in [0.1, 0.15) is 23.9 Å². The Morgan fingerprint density at radius 2 is 1.64 bits per heavy atom. The fourth-order valence-electron chi connectivity index (χ4n) is 6.80. The van der Waals surface area contributed by atoms with Crippen LogP contribution in [0.5, 0.6) is 0 Å². The zero-order valence-electron chi connectivity index (χ0n) is 29.6. The van der Waals surface area contributed by atoms with Crippen LogP contribution in [0, 0.1) is 32.1 Å². The highest BCUT2D eigenvalue weighted by atomic mass is 32.2. The van der Waals surface area contributed by atoms with Gasteiger partial charge in [0.2, 0.25) is 15.9 Å². The highest BCUT2D eigenvalue weighted by Gasteiger charge is 2.60. The number of nitrogens with one attached hydrogen (secondary N) is 1. The van der Waals surface area contributed by atoms with E-state index in [2.05, 4.69) is 9.71 Å². The number of amides is 2. The van der Waals surface area contributed by atoms with Gasteiger partial charge in [-0.25, -0.2) is 27.7 Å². The third-order valence-corrected chi connectivity index (χ3v) is 12.6. The molecule has 6 atom stereocenters. The average molecular weight is 817 g/mol. The minimum Gasteiger partial charge on any atom is -0.456 e. The molecule has 3 aliphatic rings. The molecule has 0 saturated carbocycles. The number of aliphatic hydroxyl groups is 1. The number of carbonyl (C=O) groups is 3. The molecule has 55 heavy (non-hydrogen) atoms. The van der Waals surface area contributed by atoms with Crippen molar-refractivity contribution in [3.63, 3.8) is 0 Å². The standard InChI is InChI=1S/C34H36N6O12S3/c1-18-28-27(19(2)41)32(42)38(28)29(33(43)51-15-20-4-8-23(9-5-20)39(45)46)30(18)54-25-12-26(31-36-22(17-53-31)13-35-55(3,49)50)37(14-25)34(44)52-16-21-6-10-24(11-7-21)40(47)48/h4-11,17-19,25-28,35,41H,12-16H2,1-3H3/t18-,19-,25+,26+,27?,28?/m1/s1. The molecular weight excluding hydrogens is 781 g/mol. The van der Waals surface area contributed by atoms with Crippen molar-refractivity contribution in [1.29, 1.82) is 0 Å². The molecule has 2 amide bonds. The minimum absolute atomic E-state index is 0.0328. The number of benzene rings is 2. The molecule has 1 aromatic heterocycles. The molecule has 2 N–H and O–H groups in total.